The van der Waals surface area contributed by atoms with Crippen molar-refractivity contribution in [2.75, 3.05) is 26.9 Å². The first-order valence-electron chi connectivity index (χ1n) is 11.8. The molecule has 0 heterocycles. The summed E-state index contributed by atoms with van der Waals surface area (Å²) in [6.07, 6.45) is -0.655. The number of methoxy groups -OCH3 is 1. The Hall–Kier alpha value is -3.39. The second-order valence-electron chi connectivity index (χ2n) is 9.61. The first-order chi connectivity index (χ1) is 16.6. The van der Waals surface area contributed by atoms with Gasteiger partial charge in [-0.15, -0.1) is 0 Å². The van der Waals surface area contributed by atoms with Gasteiger partial charge in [-0.25, -0.2) is 4.79 Å². The van der Waals surface area contributed by atoms with E-state index in [-0.39, 0.29) is 44.4 Å². The van der Waals surface area contributed by atoms with Gasteiger partial charge in [0.2, 0.25) is 5.91 Å². The lowest BCUT2D eigenvalue weighted by atomic mass is 9.98. The van der Waals surface area contributed by atoms with Crippen molar-refractivity contribution in [1.29, 1.82) is 0 Å². The number of fused-ring (bicyclic) bond motifs is 3. The Kier molecular flexibility index (Phi) is 8.51. The molecule has 0 bridgehead atoms. The van der Waals surface area contributed by atoms with Crippen LogP contribution in [-0.2, 0) is 19.1 Å². The SMILES string of the molecule is COCCC(NC(=O)OCC1c2ccccc2-c2ccccc21)C(=O)N(CCC(=O)O)C(C)(C)C. The van der Waals surface area contributed by atoms with Crippen LogP contribution in [0.1, 0.15) is 50.7 Å². The van der Waals surface area contributed by atoms with Gasteiger partial charge in [-0.1, -0.05) is 48.5 Å². The van der Waals surface area contributed by atoms with Gasteiger partial charge in [0.15, 0.2) is 0 Å². The van der Waals surface area contributed by atoms with Crippen LogP contribution in [0.5, 0.6) is 0 Å². The van der Waals surface area contributed by atoms with E-state index in [4.69, 9.17) is 14.6 Å². The van der Waals surface area contributed by atoms with Crippen LogP contribution in [0.25, 0.3) is 11.1 Å². The third-order valence-electron chi connectivity index (χ3n) is 6.17. The topological polar surface area (TPSA) is 105 Å². The van der Waals surface area contributed by atoms with Crippen LogP contribution in [-0.4, -0.2) is 66.4 Å². The molecule has 0 saturated carbocycles. The van der Waals surface area contributed by atoms with Gasteiger partial charge >= 0.3 is 12.1 Å². The van der Waals surface area contributed by atoms with Crippen LogP contribution in [0.15, 0.2) is 48.5 Å². The molecule has 0 spiro atoms. The number of nitrogens with zero attached hydrogens (tertiary/aromatic N) is 1. The van der Waals surface area contributed by atoms with E-state index in [1.54, 1.807) is 0 Å². The molecule has 3 rings (SSSR count). The van der Waals surface area contributed by atoms with Crippen LogP contribution in [0, 0.1) is 0 Å². The summed E-state index contributed by atoms with van der Waals surface area (Å²) in [5.41, 5.74) is 3.83. The third-order valence-corrected chi connectivity index (χ3v) is 6.17. The van der Waals surface area contributed by atoms with Crippen LogP contribution in [0.3, 0.4) is 0 Å². The molecular weight excluding hydrogens is 448 g/mol. The summed E-state index contributed by atoms with van der Waals surface area (Å²) < 4.78 is 10.7. The van der Waals surface area contributed by atoms with Gasteiger partial charge < -0.3 is 24.8 Å². The van der Waals surface area contributed by atoms with Crippen molar-refractivity contribution in [3.05, 3.63) is 59.7 Å². The summed E-state index contributed by atoms with van der Waals surface area (Å²) in [6, 6.07) is 15.2. The molecule has 0 aliphatic heterocycles. The maximum atomic E-state index is 13.3. The molecule has 0 fully saturated rings. The molecule has 2 aromatic rings. The number of hydrogen-bond acceptors (Lipinski definition) is 5. The van der Waals surface area contributed by atoms with Crippen LogP contribution < -0.4 is 5.32 Å². The highest BCUT2D eigenvalue weighted by Crippen LogP contribution is 2.44. The van der Waals surface area contributed by atoms with Crippen molar-refractivity contribution in [3.63, 3.8) is 0 Å². The summed E-state index contributed by atoms with van der Waals surface area (Å²) >= 11 is 0. The molecule has 1 atom stereocenters. The van der Waals surface area contributed by atoms with E-state index < -0.39 is 23.6 Å². The average Bonchev–Trinajstić information content (AvgIpc) is 3.13. The van der Waals surface area contributed by atoms with E-state index in [0.717, 1.165) is 22.3 Å². The molecule has 188 valence electrons. The number of ether oxygens (including phenoxy) is 2. The molecule has 8 nitrogen and oxygen atoms in total. The van der Waals surface area contributed by atoms with Gasteiger partial charge in [0.25, 0.3) is 0 Å². The van der Waals surface area contributed by atoms with E-state index in [9.17, 15) is 14.4 Å². The Balaban J connectivity index is 1.71. The summed E-state index contributed by atoms with van der Waals surface area (Å²) in [7, 11) is 1.51. The van der Waals surface area contributed by atoms with E-state index in [0.29, 0.717) is 0 Å². The Labute approximate surface area is 206 Å². The van der Waals surface area contributed by atoms with E-state index in [1.165, 1.54) is 12.0 Å². The molecule has 1 aliphatic rings. The number of carboxylic acids is 1. The molecule has 8 heteroatoms. The van der Waals surface area contributed by atoms with Crippen molar-refractivity contribution in [1.82, 2.24) is 10.2 Å². The molecule has 0 saturated heterocycles. The molecule has 2 N–H and O–H groups in total. The Bertz CT molecular complexity index is 1020. The number of carbonyl (C=O) groups is 3. The lowest BCUT2D eigenvalue weighted by Crippen LogP contribution is -2.55. The number of hydrogen-bond donors (Lipinski definition) is 2. The Morgan fingerprint density at radius 3 is 2.11 bits per heavy atom. The minimum atomic E-state index is -0.995. The van der Waals surface area contributed by atoms with Crippen LogP contribution in [0.4, 0.5) is 4.79 Å². The van der Waals surface area contributed by atoms with Gasteiger partial charge in [-0.3, -0.25) is 9.59 Å². The van der Waals surface area contributed by atoms with Crippen LogP contribution in [0.2, 0.25) is 0 Å². The zero-order valence-corrected chi connectivity index (χ0v) is 20.7. The zero-order valence-electron chi connectivity index (χ0n) is 20.7. The molecule has 1 unspecified atom stereocenters. The quantitative estimate of drug-likeness (QED) is 0.530. The molecule has 35 heavy (non-hydrogen) atoms. The van der Waals surface area contributed by atoms with E-state index in [2.05, 4.69) is 17.4 Å². The standard InChI is InChI=1S/C27H34N2O6/c1-27(2,3)29(15-13-24(30)31)25(32)23(14-16-34-4)28-26(33)35-17-22-20-11-7-5-9-18(20)19-10-6-8-12-21(19)22/h5-12,22-23H,13-17H2,1-4H3,(H,28,33)(H,30,31). The lowest BCUT2D eigenvalue weighted by Gasteiger charge is -2.38. The van der Waals surface area contributed by atoms with Crippen molar-refractivity contribution in [3.8, 4) is 11.1 Å². The Morgan fingerprint density at radius 1 is 1.03 bits per heavy atom. The van der Waals surface area contributed by atoms with Gasteiger partial charge in [0.1, 0.15) is 12.6 Å². The molecule has 2 amide bonds. The van der Waals surface area contributed by atoms with Crippen molar-refractivity contribution in [2.45, 2.75) is 51.1 Å². The molecule has 0 radical (unpaired) electrons. The summed E-state index contributed by atoms with van der Waals surface area (Å²) in [5.74, 6) is -1.46. The predicted molar refractivity (Wildman–Crippen MR) is 132 cm³/mol. The summed E-state index contributed by atoms with van der Waals surface area (Å²) in [4.78, 5) is 38.7. The van der Waals surface area contributed by atoms with Crippen molar-refractivity contribution >= 4 is 18.0 Å². The fourth-order valence-electron chi connectivity index (χ4n) is 4.45. The maximum Gasteiger partial charge on any atom is 0.407 e. The number of aliphatic carboxylic acids is 1. The highest BCUT2D eigenvalue weighted by molar-refractivity contribution is 5.86. The highest BCUT2D eigenvalue weighted by atomic mass is 16.5. The monoisotopic (exact) mass is 482 g/mol. The highest BCUT2D eigenvalue weighted by Gasteiger charge is 2.34. The molecule has 1 aliphatic carbocycles. The number of rotatable bonds is 10. The fraction of sp³-hybridized carbons (Fsp3) is 0.444. The minimum absolute atomic E-state index is 0.0352. The average molecular weight is 483 g/mol. The second-order valence-corrected chi connectivity index (χ2v) is 9.61. The smallest absolute Gasteiger partial charge is 0.407 e. The first kappa shape index (κ1) is 26.2. The molecule has 2 aromatic carbocycles. The number of nitrogens with one attached hydrogen (secondary N) is 1. The van der Waals surface area contributed by atoms with Gasteiger partial charge in [0.05, 0.1) is 6.42 Å². The number of alkyl carbamates (subject to hydrolysis) is 1. The summed E-state index contributed by atoms with van der Waals surface area (Å²) in [6.45, 7) is 5.89. The number of carbonyl (C=O) groups excluding carboxylic acids is 2. The van der Waals surface area contributed by atoms with Crippen molar-refractivity contribution in [2.24, 2.45) is 0 Å². The van der Waals surface area contributed by atoms with Gasteiger partial charge in [-0.05, 0) is 43.0 Å². The normalized spacial score (nSPS) is 13.5. The van der Waals surface area contributed by atoms with Gasteiger partial charge in [-0.2, -0.15) is 0 Å². The lowest BCUT2D eigenvalue weighted by molar-refractivity contribution is -0.142. The maximum absolute atomic E-state index is 13.3. The van der Waals surface area contributed by atoms with E-state index in [1.807, 2.05) is 57.2 Å². The Morgan fingerprint density at radius 2 is 1.60 bits per heavy atom. The zero-order chi connectivity index (χ0) is 25.6. The largest absolute Gasteiger partial charge is 0.481 e. The predicted octanol–water partition coefficient (Wildman–Crippen LogP) is 4.03. The number of benzene rings is 2. The summed E-state index contributed by atoms with van der Waals surface area (Å²) in [5, 5.41) is 11.8. The van der Waals surface area contributed by atoms with E-state index >= 15 is 0 Å². The minimum Gasteiger partial charge on any atom is -0.481 e. The number of amides is 2. The fourth-order valence-corrected chi connectivity index (χ4v) is 4.45. The second kappa shape index (κ2) is 11.4. The van der Waals surface area contributed by atoms with Crippen LogP contribution >= 0.6 is 0 Å². The molecule has 0 aromatic heterocycles. The first-order valence-corrected chi connectivity index (χ1v) is 11.8. The van der Waals surface area contributed by atoms with Gasteiger partial charge in [0, 0.05) is 38.1 Å². The van der Waals surface area contributed by atoms with Crippen molar-refractivity contribution < 1.29 is 29.0 Å². The third kappa shape index (κ3) is 6.39. The molecular formula is C27H34N2O6. The number of carboxylic acid groups (broad SMARTS) is 1.